The number of hydrogen-bond donors (Lipinski definition) is 0. The molecule has 0 aliphatic carbocycles. The fraction of sp³-hybridized carbons (Fsp3) is 0.556. The number of likely N-dealkylation sites (tertiary alicyclic amines) is 1. The van der Waals surface area contributed by atoms with E-state index in [9.17, 15) is 9.59 Å². The number of aromatic nitrogens is 2. The molecule has 1 amide bonds. The third kappa shape index (κ3) is 3.38. The lowest BCUT2D eigenvalue weighted by Gasteiger charge is -2.30. The van der Waals surface area contributed by atoms with E-state index in [1.807, 2.05) is 32.6 Å². The molecule has 0 atom stereocenters. The Hall–Kier alpha value is -2.02. The highest BCUT2D eigenvalue weighted by molar-refractivity contribution is 7.20. The molecule has 1 saturated heterocycles. The van der Waals surface area contributed by atoms with Gasteiger partial charge in [-0.1, -0.05) is 0 Å². The number of fused-ring (bicyclic) bond motifs is 1. The Bertz CT molecular complexity index is 823. The quantitative estimate of drug-likeness (QED) is 0.786. The normalized spacial score (nSPS) is 15.6. The van der Waals surface area contributed by atoms with Gasteiger partial charge < -0.3 is 9.64 Å². The number of nitrogens with zero attached hydrogens (tertiary/aromatic N) is 3. The van der Waals surface area contributed by atoms with Crippen molar-refractivity contribution in [2.45, 2.75) is 40.5 Å². The Labute approximate surface area is 151 Å². The fourth-order valence-electron chi connectivity index (χ4n) is 3.40. The van der Waals surface area contributed by atoms with Gasteiger partial charge in [0.15, 0.2) is 0 Å². The molecule has 7 heteroatoms. The number of piperidine rings is 1. The molecule has 2 aromatic rings. The number of aryl methyl sites for hydroxylation is 3. The van der Waals surface area contributed by atoms with Gasteiger partial charge in [-0.25, -0.2) is 9.97 Å². The number of carbonyl (C=O) groups excluding carboxylic acids is 2. The highest BCUT2D eigenvalue weighted by Crippen LogP contribution is 2.33. The van der Waals surface area contributed by atoms with Gasteiger partial charge in [-0.05, 0) is 46.1 Å². The maximum atomic E-state index is 13.0. The summed E-state index contributed by atoms with van der Waals surface area (Å²) in [5.74, 6) is 0.512. The molecule has 0 N–H and O–H groups in total. The van der Waals surface area contributed by atoms with E-state index in [-0.39, 0.29) is 17.8 Å². The minimum atomic E-state index is -0.144. The standard InChI is InChI=1S/C18H23N3O3S/c1-5-24-18(23)13-6-8-21(9-7-13)17(22)15-10(2)14-11(3)19-12(4)20-16(14)25-15/h13H,5-9H2,1-4H3. The molecule has 0 unspecified atom stereocenters. The van der Waals surface area contributed by atoms with Crippen LogP contribution in [0.25, 0.3) is 10.2 Å². The van der Waals surface area contributed by atoms with Gasteiger partial charge in [0.25, 0.3) is 5.91 Å². The molecule has 3 heterocycles. The van der Waals surface area contributed by atoms with Crippen LogP contribution in [-0.4, -0.2) is 46.4 Å². The van der Waals surface area contributed by atoms with Crippen molar-refractivity contribution in [1.82, 2.24) is 14.9 Å². The summed E-state index contributed by atoms with van der Waals surface area (Å²) in [6, 6.07) is 0. The summed E-state index contributed by atoms with van der Waals surface area (Å²) in [6.07, 6.45) is 1.32. The molecule has 2 aromatic heterocycles. The van der Waals surface area contributed by atoms with E-state index in [2.05, 4.69) is 9.97 Å². The lowest BCUT2D eigenvalue weighted by Crippen LogP contribution is -2.40. The molecule has 1 aliphatic heterocycles. The first-order valence-electron chi connectivity index (χ1n) is 8.62. The van der Waals surface area contributed by atoms with Gasteiger partial charge in [-0.2, -0.15) is 0 Å². The molecule has 134 valence electrons. The van der Waals surface area contributed by atoms with Crippen LogP contribution in [0.3, 0.4) is 0 Å². The van der Waals surface area contributed by atoms with Crippen molar-refractivity contribution < 1.29 is 14.3 Å². The monoisotopic (exact) mass is 361 g/mol. The zero-order chi connectivity index (χ0) is 18.1. The van der Waals surface area contributed by atoms with E-state index in [4.69, 9.17) is 4.74 Å². The molecule has 1 fully saturated rings. The fourth-order valence-corrected chi connectivity index (χ4v) is 4.65. The topological polar surface area (TPSA) is 72.4 Å². The third-order valence-corrected chi connectivity index (χ3v) is 5.85. The minimum Gasteiger partial charge on any atom is -0.466 e. The Balaban J connectivity index is 1.78. The van der Waals surface area contributed by atoms with E-state index in [1.165, 1.54) is 11.3 Å². The summed E-state index contributed by atoms with van der Waals surface area (Å²) >= 11 is 1.44. The third-order valence-electron chi connectivity index (χ3n) is 4.68. The van der Waals surface area contributed by atoms with Gasteiger partial charge in [0.1, 0.15) is 10.7 Å². The van der Waals surface area contributed by atoms with Crippen LogP contribution in [0.4, 0.5) is 0 Å². The second kappa shape index (κ2) is 7.07. The number of esters is 1. The van der Waals surface area contributed by atoms with Gasteiger partial charge in [0, 0.05) is 24.2 Å². The molecule has 25 heavy (non-hydrogen) atoms. The second-order valence-corrected chi connectivity index (χ2v) is 7.41. The van der Waals surface area contributed by atoms with Crippen LogP contribution in [0.2, 0.25) is 0 Å². The van der Waals surface area contributed by atoms with Crippen molar-refractivity contribution >= 4 is 33.4 Å². The number of rotatable bonds is 3. The average molecular weight is 361 g/mol. The Kier molecular flexibility index (Phi) is 5.03. The first kappa shape index (κ1) is 17.8. The molecular formula is C18H23N3O3S. The summed E-state index contributed by atoms with van der Waals surface area (Å²) in [4.78, 5) is 37.1. The van der Waals surface area contributed by atoms with E-state index in [0.717, 1.165) is 32.2 Å². The molecule has 3 rings (SSSR count). The summed E-state index contributed by atoms with van der Waals surface area (Å²) < 4.78 is 5.09. The van der Waals surface area contributed by atoms with Crippen LogP contribution in [-0.2, 0) is 9.53 Å². The number of thiophene rings is 1. The van der Waals surface area contributed by atoms with Crippen LogP contribution in [0.1, 0.15) is 46.5 Å². The van der Waals surface area contributed by atoms with E-state index >= 15 is 0 Å². The molecule has 0 saturated carbocycles. The molecule has 0 aromatic carbocycles. The predicted molar refractivity (Wildman–Crippen MR) is 96.9 cm³/mol. The van der Waals surface area contributed by atoms with Crippen molar-refractivity contribution in [1.29, 1.82) is 0 Å². The molecule has 0 spiro atoms. The lowest BCUT2D eigenvalue weighted by atomic mass is 9.97. The number of carbonyl (C=O) groups is 2. The van der Waals surface area contributed by atoms with Crippen molar-refractivity contribution in [3.8, 4) is 0 Å². The van der Waals surface area contributed by atoms with E-state index in [1.54, 1.807) is 0 Å². The van der Waals surface area contributed by atoms with E-state index < -0.39 is 0 Å². The zero-order valence-corrected chi connectivity index (χ0v) is 15.9. The van der Waals surface area contributed by atoms with Crippen molar-refractivity contribution in [2.75, 3.05) is 19.7 Å². The molecule has 0 radical (unpaired) electrons. The number of hydrogen-bond acceptors (Lipinski definition) is 6. The van der Waals surface area contributed by atoms with Crippen molar-refractivity contribution in [2.24, 2.45) is 5.92 Å². The Morgan fingerprint density at radius 2 is 1.88 bits per heavy atom. The van der Waals surface area contributed by atoms with Gasteiger partial charge >= 0.3 is 5.97 Å². The average Bonchev–Trinajstić information content (AvgIpc) is 2.91. The lowest BCUT2D eigenvalue weighted by molar-refractivity contribution is -0.149. The summed E-state index contributed by atoms with van der Waals surface area (Å²) in [5.41, 5.74) is 1.87. The smallest absolute Gasteiger partial charge is 0.309 e. The van der Waals surface area contributed by atoms with Gasteiger partial charge in [0.2, 0.25) is 0 Å². The predicted octanol–water partition coefficient (Wildman–Crippen LogP) is 3.03. The van der Waals surface area contributed by atoms with Crippen LogP contribution < -0.4 is 0 Å². The van der Waals surface area contributed by atoms with Crippen LogP contribution in [0, 0.1) is 26.7 Å². The molecule has 6 nitrogen and oxygen atoms in total. The van der Waals surface area contributed by atoms with Gasteiger partial charge in [0.05, 0.1) is 17.4 Å². The van der Waals surface area contributed by atoms with Gasteiger partial charge in [-0.3, -0.25) is 9.59 Å². The number of amides is 1. The largest absolute Gasteiger partial charge is 0.466 e. The molecule has 1 aliphatic rings. The minimum absolute atomic E-state index is 0.0276. The van der Waals surface area contributed by atoms with Gasteiger partial charge in [-0.15, -0.1) is 11.3 Å². The maximum absolute atomic E-state index is 13.0. The Morgan fingerprint density at radius 3 is 2.52 bits per heavy atom. The van der Waals surface area contributed by atoms with Crippen LogP contribution in [0.5, 0.6) is 0 Å². The number of ether oxygens (including phenoxy) is 1. The van der Waals surface area contributed by atoms with Crippen LogP contribution >= 0.6 is 11.3 Å². The highest BCUT2D eigenvalue weighted by atomic mass is 32.1. The summed E-state index contributed by atoms with van der Waals surface area (Å²) in [5, 5.41) is 0.986. The first-order valence-corrected chi connectivity index (χ1v) is 9.44. The summed E-state index contributed by atoms with van der Waals surface area (Å²) in [6.45, 7) is 9.16. The highest BCUT2D eigenvalue weighted by Gasteiger charge is 2.30. The Morgan fingerprint density at radius 1 is 1.20 bits per heavy atom. The van der Waals surface area contributed by atoms with E-state index in [0.29, 0.717) is 32.5 Å². The van der Waals surface area contributed by atoms with Crippen molar-refractivity contribution in [3.05, 3.63) is 22.0 Å². The molecule has 0 bridgehead atoms. The molecular weight excluding hydrogens is 338 g/mol. The van der Waals surface area contributed by atoms with Crippen molar-refractivity contribution in [3.63, 3.8) is 0 Å². The zero-order valence-electron chi connectivity index (χ0n) is 15.1. The SMILES string of the molecule is CCOC(=O)C1CCN(C(=O)c2sc3nc(C)nc(C)c3c2C)CC1. The first-order chi connectivity index (χ1) is 11.9. The van der Waals surface area contributed by atoms with Crippen LogP contribution in [0.15, 0.2) is 0 Å². The maximum Gasteiger partial charge on any atom is 0.309 e. The summed E-state index contributed by atoms with van der Waals surface area (Å²) in [7, 11) is 0. The second-order valence-electron chi connectivity index (χ2n) is 6.41.